The van der Waals surface area contributed by atoms with Gasteiger partial charge < -0.3 is 0 Å². The van der Waals surface area contributed by atoms with Crippen molar-refractivity contribution in [2.75, 3.05) is 0 Å². The van der Waals surface area contributed by atoms with Crippen molar-refractivity contribution in [2.24, 2.45) is 11.3 Å². The van der Waals surface area contributed by atoms with Gasteiger partial charge >= 0.3 is 0 Å². The Labute approximate surface area is 105 Å². The fraction of sp³-hybridized carbons (Fsp3) is 0.571. The summed E-state index contributed by atoms with van der Waals surface area (Å²) in [5, 5.41) is 0.910. The molecule has 0 saturated carbocycles. The minimum absolute atomic E-state index is 0.0624. The lowest BCUT2D eigenvalue weighted by atomic mass is 9.69. The molecule has 2 atom stereocenters. The Morgan fingerprint density at radius 1 is 1.53 bits per heavy atom. The summed E-state index contributed by atoms with van der Waals surface area (Å²) in [6, 6.07) is 0. The first-order valence-corrected chi connectivity index (χ1v) is 9.53. The lowest BCUT2D eigenvalue weighted by Gasteiger charge is -2.38. The summed E-state index contributed by atoms with van der Waals surface area (Å²) in [7, 11) is -1.67. The van der Waals surface area contributed by atoms with Crippen molar-refractivity contribution in [1.82, 2.24) is 0 Å². The SMILES string of the molecule is C=C[C@@H]1CC(=O)C([Si](C)(C)C)=C[C@]1(C)C(C)=O. The first kappa shape index (κ1) is 14.1. The molecule has 0 saturated heterocycles. The van der Waals surface area contributed by atoms with Gasteiger partial charge in [-0.1, -0.05) is 31.8 Å². The Bertz CT molecular complexity index is 401. The molecule has 94 valence electrons. The van der Waals surface area contributed by atoms with E-state index in [2.05, 4.69) is 26.2 Å². The maximum absolute atomic E-state index is 12.1. The van der Waals surface area contributed by atoms with Crippen LogP contribution in [0.4, 0.5) is 0 Å². The minimum atomic E-state index is -1.67. The van der Waals surface area contributed by atoms with Crippen molar-refractivity contribution in [3.8, 4) is 0 Å². The summed E-state index contributed by atoms with van der Waals surface area (Å²) in [6.07, 6.45) is 4.10. The van der Waals surface area contributed by atoms with Crippen molar-refractivity contribution in [1.29, 1.82) is 0 Å². The van der Waals surface area contributed by atoms with Crippen molar-refractivity contribution >= 4 is 19.6 Å². The third-order valence-corrected chi connectivity index (χ3v) is 5.81. The monoisotopic (exact) mass is 250 g/mol. The molecule has 2 nitrogen and oxygen atoms in total. The molecular formula is C14H22O2Si. The molecule has 0 aromatic rings. The molecule has 0 bridgehead atoms. The molecule has 0 heterocycles. The summed E-state index contributed by atoms with van der Waals surface area (Å²) in [6.45, 7) is 13.7. The topological polar surface area (TPSA) is 34.1 Å². The molecule has 0 amide bonds. The molecular weight excluding hydrogens is 228 g/mol. The molecule has 1 aliphatic rings. The van der Waals surface area contributed by atoms with Crippen molar-refractivity contribution in [3.63, 3.8) is 0 Å². The lowest BCUT2D eigenvalue weighted by molar-refractivity contribution is -0.126. The van der Waals surface area contributed by atoms with Gasteiger partial charge in [0.05, 0.1) is 13.5 Å². The highest BCUT2D eigenvalue weighted by molar-refractivity contribution is 6.87. The van der Waals surface area contributed by atoms with Gasteiger partial charge in [-0.05, 0) is 25.0 Å². The zero-order valence-corrected chi connectivity index (χ0v) is 12.5. The molecule has 0 aliphatic heterocycles. The van der Waals surface area contributed by atoms with E-state index in [0.29, 0.717) is 6.42 Å². The highest BCUT2D eigenvalue weighted by Crippen LogP contribution is 2.41. The number of carbonyl (C=O) groups is 2. The maximum Gasteiger partial charge on any atom is 0.155 e. The van der Waals surface area contributed by atoms with E-state index in [1.807, 2.05) is 13.0 Å². The molecule has 3 heteroatoms. The highest BCUT2D eigenvalue weighted by atomic mass is 28.3. The van der Waals surface area contributed by atoms with Gasteiger partial charge in [0, 0.05) is 6.42 Å². The van der Waals surface area contributed by atoms with Crippen LogP contribution in [0.25, 0.3) is 0 Å². The number of hydrogen-bond acceptors (Lipinski definition) is 2. The number of hydrogen-bond donors (Lipinski definition) is 0. The summed E-state index contributed by atoms with van der Waals surface area (Å²) in [5.41, 5.74) is -0.550. The summed E-state index contributed by atoms with van der Waals surface area (Å²) in [4.78, 5) is 24.0. The fourth-order valence-electron chi connectivity index (χ4n) is 2.33. The maximum atomic E-state index is 12.1. The van der Waals surface area contributed by atoms with E-state index in [-0.39, 0.29) is 17.5 Å². The molecule has 1 aliphatic carbocycles. The van der Waals surface area contributed by atoms with E-state index in [4.69, 9.17) is 0 Å². The van der Waals surface area contributed by atoms with Crippen LogP contribution >= 0.6 is 0 Å². The zero-order valence-electron chi connectivity index (χ0n) is 11.5. The number of Topliss-reactive ketones (excluding diaryl/α,β-unsaturated/α-hetero) is 2. The molecule has 0 N–H and O–H groups in total. The van der Waals surface area contributed by atoms with Crippen LogP contribution < -0.4 is 0 Å². The first-order chi connectivity index (χ1) is 7.63. The van der Waals surface area contributed by atoms with Crippen LogP contribution in [0, 0.1) is 11.3 Å². The minimum Gasteiger partial charge on any atom is -0.299 e. The van der Waals surface area contributed by atoms with Gasteiger partial charge in [-0.15, -0.1) is 6.58 Å². The smallest absolute Gasteiger partial charge is 0.155 e. The molecule has 0 fully saturated rings. The van der Waals surface area contributed by atoms with E-state index < -0.39 is 13.5 Å². The van der Waals surface area contributed by atoms with Crippen LogP contribution in [0.3, 0.4) is 0 Å². The average Bonchev–Trinajstić information content (AvgIpc) is 2.19. The number of ketones is 2. The lowest BCUT2D eigenvalue weighted by Crippen LogP contribution is -2.42. The van der Waals surface area contributed by atoms with Gasteiger partial charge in [0.15, 0.2) is 5.78 Å². The Morgan fingerprint density at radius 3 is 2.41 bits per heavy atom. The summed E-state index contributed by atoms with van der Waals surface area (Å²) in [5.74, 6) is 0.256. The zero-order chi connectivity index (χ0) is 13.4. The van der Waals surface area contributed by atoms with Crippen molar-refractivity contribution in [2.45, 2.75) is 39.9 Å². The van der Waals surface area contributed by atoms with Crippen molar-refractivity contribution in [3.05, 3.63) is 23.9 Å². The predicted molar refractivity (Wildman–Crippen MR) is 73.5 cm³/mol. The normalized spacial score (nSPS) is 29.8. The van der Waals surface area contributed by atoms with Gasteiger partial charge in [-0.3, -0.25) is 9.59 Å². The molecule has 0 unspecified atom stereocenters. The molecule has 0 spiro atoms. The van der Waals surface area contributed by atoms with E-state index in [1.54, 1.807) is 13.0 Å². The number of rotatable bonds is 3. The molecule has 0 radical (unpaired) electrons. The van der Waals surface area contributed by atoms with Crippen molar-refractivity contribution < 1.29 is 9.59 Å². The van der Waals surface area contributed by atoms with Gasteiger partial charge in [0.25, 0.3) is 0 Å². The van der Waals surface area contributed by atoms with Crippen LogP contribution in [0.15, 0.2) is 23.9 Å². The van der Waals surface area contributed by atoms with Crippen LogP contribution in [0.2, 0.25) is 19.6 Å². The Morgan fingerprint density at radius 2 is 2.06 bits per heavy atom. The summed E-state index contributed by atoms with van der Waals surface area (Å²) >= 11 is 0. The molecule has 0 aromatic carbocycles. The van der Waals surface area contributed by atoms with Crippen LogP contribution in [-0.4, -0.2) is 19.6 Å². The van der Waals surface area contributed by atoms with E-state index in [0.717, 1.165) is 5.20 Å². The highest BCUT2D eigenvalue weighted by Gasteiger charge is 2.43. The first-order valence-electron chi connectivity index (χ1n) is 6.03. The number of allylic oxidation sites excluding steroid dienone is 3. The Balaban J connectivity index is 3.36. The predicted octanol–water partition coefficient (Wildman–Crippen LogP) is 3.16. The quantitative estimate of drug-likeness (QED) is 0.569. The standard InChI is InChI=1S/C14H22O2Si/c1-7-11-8-12(16)13(17(4,5)6)9-14(11,3)10(2)15/h7,9,11H,1,8H2,2-6H3/t11-,14-/m1/s1. The second kappa shape index (κ2) is 4.37. The second-order valence-corrected chi connectivity index (χ2v) is 11.2. The van der Waals surface area contributed by atoms with Gasteiger partial charge in [-0.25, -0.2) is 0 Å². The van der Waals surface area contributed by atoms with Crippen LogP contribution in [0.1, 0.15) is 20.3 Å². The largest absolute Gasteiger partial charge is 0.299 e. The molecule has 17 heavy (non-hydrogen) atoms. The third kappa shape index (κ3) is 2.49. The second-order valence-electron chi connectivity index (χ2n) is 6.12. The summed E-state index contributed by atoms with van der Waals surface area (Å²) < 4.78 is 0. The molecule has 1 rings (SSSR count). The van der Waals surface area contributed by atoms with Gasteiger partial charge in [0.2, 0.25) is 0 Å². The Hall–Kier alpha value is -0.963. The third-order valence-electron chi connectivity index (χ3n) is 3.77. The number of carbonyl (C=O) groups excluding carboxylic acids is 2. The van der Waals surface area contributed by atoms with E-state index >= 15 is 0 Å². The van der Waals surface area contributed by atoms with Gasteiger partial charge in [0.1, 0.15) is 5.78 Å². The van der Waals surface area contributed by atoms with E-state index in [9.17, 15) is 9.59 Å². The van der Waals surface area contributed by atoms with Crippen LogP contribution in [-0.2, 0) is 9.59 Å². The van der Waals surface area contributed by atoms with E-state index in [1.165, 1.54) is 0 Å². The van der Waals surface area contributed by atoms with Gasteiger partial charge in [-0.2, -0.15) is 0 Å². The fourth-order valence-corrected chi connectivity index (χ4v) is 4.01. The van der Waals surface area contributed by atoms with Crippen LogP contribution in [0.5, 0.6) is 0 Å². The average molecular weight is 250 g/mol. The Kier molecular flexibility index (Phi) is 3.62. The molecule has 0 aromatic heterocycles.